The fraction of sp³-hybridized carbons (Fsp3) is 0.412. The molecule has 1 fully saturated rings. The fourth-order valence-electron chi connectivity index (χ4n) is 2.85. The smallest absolute Gasteiger partial charge is 0.316 e. The molecule has 1 saturated heterocycles. The minimum absolute atomic E-state index is 0.477. The van der Waals surface area contributed by atoms with E-state index in [2.05, 4.69) is 55.1 Å². The van der Waals surface area contributed by atoms with Crippen molar-refractivity contribution < 1.29 is 4.74 Å². The van der Waals surface area contributed by atoms with Crippen LogP contribution in [0.1, 0.15) is 18.4 Å². The van der Waals surface area contributed by atoms with Crippen molar-refractivity contribution in [3.8, 4) is 6.01 Å². The van der Waals surface area contributed by atoms with E-state index < -0.39 is 0 Å². The monoisotopic (exact) mass is 361 g/mol. The zero-order valence-corrected chi connectivity index (χ0v) is 14.1. The van der Waals surface area contributed by atoms with Gasteiger partial charge in [0.1, 0.15) is 0 Å². The average molecular weight is 362 g/mol. The lowest BCUT2D eigenvalue weighted by Gasteiger charge is -2.32. The van der Waals surface area contributed by atoms with Crippen LogP contribution in [0.25, 0.3) is 0 Å². The Bertz CT molecular complexity index is 593. The van der Waals surface area contributed by atoms with Crippen LogP contribution in [0, 0.1) is 5.92 Å². The van der Waals surface area contributed by atoms with Gasteiger partial charge in [-0.05, 0) is 37.1 Å². The van der Waals surface area contributed by atoms with Crippen molar-refractivity contribution in [1.29, 1.82) is 0 Å². The summed E-state index contributed by atoms with van der Waals surface area (Å²) in [6.45, 7) is 3.89. The summed E-state index contributed by atoms with van der Waals surface area (Å²) in [5.74, 6) is 0.542. The molecule has 0 aliphatic carbocycles. The molecule has 3 rings (SSSR count). The second-order valence-corrected chi connectivity index (χ2v) is 6.53. The molecule has 116 valence electrons. The summed E-state index contributed by atoms with van der Waals surface area (Å²) in [6, 6.07) is 10.7. The minimum Gasteiger partial charge on any atom is -0.463 e. The summed E-state index contributed by atoms with van der Waals surface area (Å²) in [5.41, 5.74) is 1.34. The van der Waals surface area contributed by atoms with E-state index in [4.69, 9.17) is 4.74 Å². The van der Waals surface area contributed by atoms with E-state index in [0.29, 0.717) is 18.5 Å². The van der Waals surface area contributed by atoms with Crippen LogP contribution in [0.3, 0.4) is 0 Å². The molecular weight excluding hydrogens is 342 g/mol. The Kier molecular flexibility index (Phi) is 5.40. The van der Waals surface area contributed by atoms with Gasteiger partial charge >= 0.3 is 6.01 Å². The Morgan fingerprint density at radius 3 is 2.82 bits per heavy atom. The maximum atomic E-state index is 5.71. The van der Waals surface area contributed by atoms with Gasteiger partial charge in [-0.1, -0.05) is 34.1 Å². The lowest BCUT2D eigenvalue weighted by molar-refractivity contribution is 0.120. The first kappa shape index (κ1) is 15.4. The van der Waals surface area contributed by atoms with Gasteiger partial charge in [0.2, 0.25) is 0 Å². The van der Waals surface area contributed by atoms with E-state index in [1.807, 2.05) is 0 Å². The number of ether oxygens (including phenoxy) is 1. The zero-order valence-electron chi connectivity index (χ0n) is 12.5. The number of likely N-dealkylation sites (tertiary alicyclic amines) is 1. The first-order chi connectivity index (χ1) is 10.8. The highest BCUT2D eigenvalue weighted by atomic mass is 79.9. The van der Waals surface area contributed by atoms with E-state index in [1.54, 1.807) is 18.5 Å². The van der Waals surface area contributed by atoms with Crippen molar-refractivity contribution in [2.24, 2.45) is 5.92 Å². The Labute approximate surface area is 139 Å². The first-order valence-electron chi connectivity index (χ1n) is 7.67. The second-order valence-electron chi connectivity index (χ2n) is 5.68. The summed E-state index contributed by atoms with van der Waals surface area (Å²) in [7, 11) is 0. The molecule has 0 radical (unpaired) electrons. The quantitative estimate of drug-likeness (QED) is 0.816. The van der Waals surface area contributed by atoms with Crippen LogP contribution in [0.15, 0.2) is 47.2 Å². The zero-order chi connectivity index (χ0) is 15.2. The molecule has 1 unspecified atom stereocenters. The van der Waals surface area contributed by atoms with Crippen molar-refractivity contribution >= 4 is 15.9 Å². The van der Waals surface area contributed by atoms with Gasteiger partial charge in [0.05, 0.1) is 6.61 Å². The van der Waals surface area contributed by atoms with Crippen molar-refractivity contribution in [2.45, 2.75) is 19.4 Å². The van der Waals surface area contributed by atoms with Crippen molar-refractivity contribution in [2.75, 3.05) is 19.7 Å². The van der Waals surface area contributed by atoms with Crippen LogP contribution >= 0.6 is 15.9 Å². The molecule has 0 amide bonds. The molecule has 1 aromatic heterocycles. The van der Waals surface area contributed by atoms with Gasteiger partial charge in [0.15, 0.2) is 0 Å². The van der Waals surface area contributed by atoms with E-state index >= 15 is 0 Å². The second kappa shape index (κ2) is 7.70. The largest absolute Gasteiger partial charge is 0.463 e. The Morgan fingerprint density at radius 2 is 2.00 bits per heavy atom. The number of hydrogen-bond acceptors (Lipinski definition) is 4. The van der Waals surface area contributed by atoms with E-state index in [9.17, 15) is 0 Å². The molecule has 22 heavy (non-hydrogen) atoms. The average Bonchev–Trinajstić information content (AvgIpc) is 2.57. The lowest BCUT2D eigenvalue weighted by atomic mass is 9.98. The highest BCUT2D eigenvalue weighted by molar-refractivity contribution is 9.10. The normalized spacial score (nSPS) is 19.0. The number of aromatic nitrogens is 2. The van der Waals surface area contributed by atoms with Gasteiger partial charge in [0, 0.05) is 35.9 Å². The van der Waals surface area contributed by atoms with Crippen LogP contribution in [0.5, 0.6) is 6.01 Å². The molecule has 2 aromatic rings. The minimum atomic E-state index is 0.477. The summed E-state index contributed by atoms with van der Waals surface area (Å²) >= 11 is 3.63. The lowest BCUT2D eigenvalue weighted by Crippen LogP contribution is -2.37. The van der Waals surface area contributed by atoms with E-state index in [1.165, 1.54) is 22.9 Å². The summed E-state index contributed by atoms with van der Waals surface area (Å²) in [6.07, 6.45) is 5.85. The molecule has 5 heteroatoms. The van der Waals surface area contributed by atoms with Gasteiger partial charge < -0.3 is 4.74 Å². The van der Waals surface area contributed by atoms with Gasteiger partial charge in [-0.15, -0.1) is 0 Å². The highest BCUT2D eigenvalue weighted by Gasteiger charge is 2.21. The molecule has 1 atom stereocenters. The number of hydrogen-bond donors (Lipinski definition) is 0. The molecular formula is C17H20BrN3O. The molecule has 0 saturated carbocycles. The molecule has 1 aromatic carbocycles. The summed E-state index contributed by atoms with van der Waals surface area (Å²) in [4.78, 5) is 10.7. The fourth-order valence-corrected chi connectivity index (χ4v) is 3.26. The molecule has 4 nitrogen and oxygen atoms in total. The predicted octanol–water partition coefficient (Wildman–Crippen LogP) is 3.53. The number of nitrogens with zero attached hydrogens (tertiary/aromatic N) is 3. The van der Waals surface area contributed by atoms with Crippen LogP contribution in [0.4, 0.5) is 0 Å². The molecule has 0 N–H and O–H groups in total. The van der Waals surface area contributed by atoms with E-state index in [0.717, 1.165) is 19.6 Å². The van der Waals surface area contributed by atoms with Crippen molar-refractivity contribution in [1.82, 2.24) is 14.9 Å². The van der Waals surface area contributed by atoms with Crippen molar-refractivity contribution in [3.63, 3.8) is 0 Å². The van der Waals surface area contributed by atoms with Crippen LogP contribution in [-0.2, 0) is 6.54 Å². The maximum Gasteiger partial charge on any atom is 0.316 e. The maximum absolute atomic E-state index is 5.71. The number of benzene rings is 1. The standard InChI is InChI=1S/C17H20BrN3O/c18-16-7-2-1-6-15(16)12-21-10-3-5-14(11-21)13-22-17-19-8-4-9-20-17/h1-2,4,6-9,14H,3,5,10-13H2. The summed E-state index contributed by atoms with van der Waals surface area (Å²) < 4.78 is 6.90. The van der Waals surface area contributed by atoms with E-state index in [-0.39, 0.29) is 0 Å². The van der Waals surface area contributed by atoms with Gasteiger partial charge in [-0.25, -0.2) is 9.97 Å². The van der Waals surface area contributed by atoms with Crippen LogP contribution in [-0.4, -0.2) is 34.6 Å². The molecule has 1 aliphatic heterocycles. The third kappa shape index (κ3) is 4.27. The molecule has 1 aliphatic rings. The molecule has 0 bridgehead atoms. The number of piperidine rings is 1. The number of halogens is 1. The molecule has 0 spiro atoms. The SMILES string of the molecule is Brc1ccccc1CN1CCCC(COc2ncccn2)C1. The Hall–Kier alpha value is -1.46. The summed E-state index contributed by atoms with van der Waals surface area (Å²) in [5, 5.41) is 0. The van der Waals surface area contributed by atoms with Crippen LogP contribution in [0.2, 0.25) is 0 Å². The topological polar surface area (TPSA) is 38.2 Å². The van der Waals surface area contributed by atoms with Gasteiger partial charge in [-0.3, -0.25) is 4.90 Å². The predicted molar refractivity (Wildman–Crippen MR) is 89.7 cm³/mol. The Morgan fingerprint density at radius 1 is 1.18 bits per heavy atom. The first-order valence-corrected chi connectivity index (χ1v) is 8.46. The Balaban J connectivity index is 1.52. The third-order valence-electron chi connectivity index (χ3n) is 3.95. The van der Waals surface area contributed by atoms with Crippen LogP contribution < -0.4 is 4.74 Å². The van der Waals surface area contributed by atoms with Gasteiger partial charge in [0.25, 0.3) is 0 Å². The number of rotatable bonds is 5. The van der Waals surface area contributed by atoms with Gasteiger partial charge in [-0.2, -0.15) is 0 Å². The van der Waals surface area contributed by atoms with Crippen molar-refractivity contribution in [3.05, 3.63) is 52.8 Å². The highest BCUT2D eigenvalue weighted by Crippen LogP contribution is 2.22. The molecule has 2 heterocycles. The third-order valence-corrected chi connectivity index (χ3v) is 4.72.